The van der Waals surface area contributed by atoms with Crippen molar-refractivity contribution in [3.05, 3.63) is 61.1 Å². The van der Waals surface area contributed by atoms with E-state index in [2.05, 4.69) is 15.0 Å². The Morgan fingerprint density at radius 1 is 1.08 bits per heavy atom. The highest BCUT2D eigenvalue weighted by molar-refractivity contribution is 7.90. The summed E-state index contributed by atoms with van der Waals surface area (Å²) in [7, 11) is -4.06. The van der Waals surface area contributed by atoms with Crippen molar-refractivity contribution in [1.29, 1.82) is 0 Å². The van der Waals surface area contributed by atoms with E-state index in [-0.39, 0.29) is 29.6 Å². The zero-order chi connectivity index (χ0) is 27.9. The Labute approximate surface area is 224 Å². The van der Waals surface area contributed by atoms with Crippen LogP contribution in [0, 0.1) is 0 Å². The number of ether oxygens (including phenoxy) is 2. The number of halogens is 1. The summed E-state index contributed by atoms with van der Waals surface area (Å²) in [4.78, 5) is 26.5. The van der Waals surface area contributed by atoms with Gasteiger partial charge in [-0.3, -0.25) is 0 Å². The van der Waals surface area contributed by atoms with Crippen molar-refractivity contribution >= 4 is 38.8 Å². The fraction of sp³-hybridized carbons (Fsp3) is 0.308. The van der Waals surface area contributed by atoms with Crippen LogP contribution in [0.15, 0.2) is 66.0 Å². The summed E-state index contributed by atoms with van der Waals surface area (Å²) >= 11 is 0. The molecule has 1 aliphatic rings. The molecule has 5 rings (SSSR count). The SMILES string of the molecule is CC(C)(C)OC(=O)O[C@H]1CN(c2ccnc3c2c(-c2ccnc(N)n2)cn3S(=O)(=O)c2ccccc2)C[C@@H]1F. The van der Waals surface area contributed by atoms with Crippen LogP contribution in [0.5, 0.6) is 0 Å². The molecule has 2 N–H and O–H groups in total. The predicted molar refractivity (Wildman–Crippen MR) is 142 cm³/mol. The molecular weight excluding hydrogens is 527 g/mol. The molecule has 1 aliphatic heterocycles. The minimum Gasteiger partial charge on any atom is -0.429 e. The second-order valence-electron chi connectivity index (χ2n) is 10.0. The summed E-state index contributed by atoms with van der Waals surface area (Å²) < 4.78 is 53.9. The van der Waals surface area contributed by atoms with Crippen molar-refractivity contribution in [2.24, 2.45) is 0 Å². The summed E-state index contributed by atoms with van der Waals surface area (Å²) in [5.41, 5.74) is 6.42. The molecule has 0 amide bonds. The van der Waals surface area contributed by atoms with Crippen LogP contribution >= 0.6 is 0 Å². The number of carbonyl (C=O) groups excluding carboxylic acids is 1. The van der Waals surface area contributed by atoms with Crippen LogP contribution in [0.2, 0.25) is 0 Å². The van der Waals surface area contributed by atoms with E-state index in [0.29, 0.717) is 22.3 Å². The molecule has 4 heterocycles. The largest absolute Gasteiger partial charge is 0.509 e. The van der Waals surface area contributed by atoms with Gasteiger partial charge in [-0.2, -0.15) is 0 Å². The van der Waals surface area contributed by atoms with Gasteiger partial charge in [0.25, 0.3) is 10.0 Å². The van der Waals surface area contributed by atoms with Gasteiger partial charge in [0.05, 0.1) is 34.8 Å². The molecule has 0 spiro atoms. The summed E-state index contributed by atoms with van der Waals surface area (Å²) in [6.07, 6.45) is 0.769. The third-order valence-corrected chi connectivity index (χ3v) is 7.72. The number of carbonyl (C=O) groups is 1. The Morgan fingerprint density at radius 2 is 1.79 bits per heavy atom. The van der Waals surface area contributed by atoms with E-state index in [9.17, 15) is 13.2 Å². The monoisotopic (exact) mass is 554 g/mol. The lowest BCUT2D eigenvalue weighted by Gasteiger charge is -2.22. The number of fused-ring (bicyclic) bond motifs is 1. The highest BCUT2D eigenvalue weighted by atomic mass is 32.2. The molecule has 3 aromatic heterocycles. The van der Waals surface area contributed by atoms with Crippen LogP contribution in [-0.4, -0.2) is 64.5 Å². The fourth-order valence-electron chi connectivity index (χ4n) is 4.42. The molecule has 11 nitrogen and oxygen atoms in total. The Bertz CT molecular complexity index is 1640. The maximum absolute atomic E-state index is 15.1. The van der Waals surface area contributed by atoms with Crippen molar-refractivity contribution in [3.8, 4) is 11.3 Å². The van der Waals surface area contributed by atoms with Gasteiger partial charge >= 0.3 is 6.16 Å². The topological polar surface area (TPSA) is 143 Å². The average Bonchev–Trinajstić information content (AvgIpc) is 3.44. The molecule has 1 aromatic carbocycles. The third kappa shape index (κ3) is 5.21. The van der Waals surface area contributed by atoms with E-state index >= 15 is 4.39 Å². The summed E-state index contributed by atoms with van der Waals surface area (Å²) in [5, 5.41) is 0.417. The summed E-state index contributed by atoms with van der Waals surface area (Å²) in [6, 6.07) is 11.2. The Kier molecular flexibility index (Phi) is 6.62. The number of hydrogen-bond donors (Lipinski definition) is 1. The van der Waals surface area contributed by atoms with E-state index in [1.807, 2.05) is 0 Å². The molecule has 1 fully saturated rings. The molecule has 13 heteroatoms. The molecule has 0 saturated carbocycles. The first-order chi connectivity index (χ1) is 18.4. The first kappa shape index (κ1) is 26.4. The van der Waals surface area contributed by atoms with Gasteiger partial charge in [-0.1, -0.05) is 18.2 Å². The molecule has 0 unspecified atom stereocenters. The van der Waals surface area contributed by atoms with E-state index < -0.39 is 34.1 Å². The number of pyridine rings is 1. The van der Waals surface area contributed by atoms with Crippen LogP contribution in [0.4, 0.5) is 20.8 Å². The van der Waals surface area contributed by atoms with Gasteiger partial charge < -0.3 is 20.1 Å². The molecule has 0 radical (unpaired) electrons. The Morgan fingerprint density at radius 3 is 2.49 bits per heavy atom. The molecule has 0 aliphatic carbocycles. The number of hydrogen-bond acceptors (Lipinski definition) is 10. The van der Waals surface area contributed by atoms with Crippen molar-refractivity contribution in [2.45, 2.75) is 43.5 Å². The number of benzene rings is 1. The minimum atomic E-state index is -4.06. The molecule has 2 atom stereocenters. The highest BCUT2D eigenvalue weighted by Gasteiger charge is 2.38. The Hall–Kier alpha value is -4.26. The minimum absolute atomic E-state index is 0.000534. The molecule has 0 bridgehead atoms. The highest BCUT2D eigenvalue weighted by Crippen LogP contribution is 2.39. The number of anilines is 2. The lowest BCUT2D eigenvalue weighted by molar-refractivity contribution is -0.0340. The first-order valence-corrected chi connectivity index (χ1v) is 13.6. The van der Waals surface area contributed by atoms with Crippen molar-refractivity contribution in [2.75, 3.05) is 23.7 Å². The summed E-state index contributed by atoms with van der Waals surface area (Å²) in [6.45, 7) is 4.97. The van der Waals surface area contributed by atoms with Crippen LogP contribution < -0.4 is 10.6 Å². The zero-order valence-corrected chi connectivity index (χ0v) is 22.3. The van der Waals surface area contributed by atoms with Crippen LogP contribution in [0.3, 0.4) is 0 Å². The van der Waals surface area contributed by atoms with E-state index in [1.54, 1.807) is 56.0 Å². The Balaban J connectivity index is 1.61. The van der Waals surface area contributed by atoms with Gasteiger partial charge in [0, 0.05) is 24.2 Å². The standard InChI is InChI=1S/C26H27FN6O5S/c1-26(2,3)38-25(34)37-21-15-32(14-18(21)27)20-10-12-29-23-22(20)17(19-9-11-30-24(28)31-19)13-33(23)39(35,36)16-7-5-4-6-8-16/h4-13,18,21H,14-15H2,1-3H3,(H2,28,30,31)/t18-,21-/m0/s1. The maximum atomic E-state index is 15.1. The number of rotatable bonds is 5. The molecule has 39 heavy (non-hydrogen) atoms. The van der Waals surface area contributed by atoms with E-state index in [0.717, 1.165) is 3.97 Å². The number of nitrogens with two attached hydrogens (primary N) is 1. The van der Waals surface area contributed by atoms with E-state index in [1.165, 1.54) is 30.7 Å². The molecule has 204 valence electrons. The number of aromatic nitrogens is 4. The lowest BCUT2D eigenvalue weighted by Crippen LogP contribution is -2.32. The molecule has 1 saturated heterocycles. The maximum Gasteiger partial charge on any atom is 0.509 e. The molecule has 4 aromatic rings. The van der Waals surface area contributed by atoms with E-state index in [4.69, 9.17) is 15.2 Å². The first-order valence-electron chi connectivity index (χ1n) is 12.1. The zero-order valence-electron chi connectivity index (χ0n) is 21.5. The third-order valence-electron chi connectivity index (χ3n) is 6.06. The van der Waals surface area contributed by atoms with Crippen molar-refractivity contribution in [1.82, 2.24) is 18.9 Å². The van der Waals surface area contributed by atoms with Crippen LogP contribution in [0.25, 0.3) is 22.3 Å². The van der Waals surface area contributed by atoms with Crippen molar-refractivity contribution < 1.29 is 27.1 Å². The van der Waals surface area contributed by atoms with Crippen LogP contribution in [-0.2, 0) is 19.5 Å². The molecular formula is C26H27FN6O5S. The van der Waals surface area contributed by atoms with Crippen molar-refractivity contribution in [3.63, 3.8) is 0 Å². The number of alkyl halides is 1. The lowest BCUT2D eigenvalue weighted by atomic mass is 10.1. The average molecular weight is 555 g/mol. The quantitative estimate of drug-likeness (QED) is 0.362. The van der Waals surface area contributed by atoms with Gasteiger partial charge in [0.15, 0.2) is 17.9 Å². The van der Waals surface area contributed by atoms with Gasteiger partial charge in [0.2, 0.25) is 5.95 Å². The predicted octanol–water partition coefficient (Wildman–Crippen LogP) is 3.79. The number of nitrogens with zero attached hydrogens (tertiary/aromatic N) is 5. The second-order valence-corrected chi connectivity index (χ2v) is 11.8. The van der Waals surface area contributed by atoms with Gasteiger partial charge in [0.1, 0.15) is 5.60 Å². The summed E-state index contributed by atoms with van der Waals surface area (Å²) in [5.74, 6) is 0.000534. The van der Waals surface area contributed by atoms with Gasteiger partial charge in [-0.05, 0) is 45.0 Å². The second kappa shape index (κ2) is 9.80. The smallest absolute Gasteiger partial charge is 0.429 e. The van der Waals surface area contributed by atoms with Gasteiger partial charge in [-0.25, -0.2) is 36.5 Å². The number of nitrogen functional groups attached to an aromatic ring is 1. The normalized spacial score (nSPS) is 17.9. The van der Waals surface area contributed by atoms with Gasteiger partial charge in [-0.15, -0.1) is 0 Å². The van der Waals surface area contributed by atoms with Crippen LogP contribution in [0.1, 0.15) is 20.8 Å². The fourth-order valence-corrected chi connectivity index (χ4v) is 5.76.